The maximum Gasteiger partial charge on any atom is 0.287 e. The molecule has 0 bridgehead atoms. The predicted octanol–water partition coefficient (Wildman–Crippen LogP) is 3.65. The van der Waals surface area contributed by atoms with Crippen molar-refractivity contribution in [3.63, 3.8) is 0 Å². The van der Waals surface area contributed by atoms with Crippen LogP contribution in [0.4, 0.5) is 0 Å². The third kappa shape index (κ3) is 4.90. The fourth-order valence-corrected chi connectivity index (χ4v) is 4.19. The number of thioether (sulfide) groups is 1. The third-order valence-corrected chi connectivity index (χ3v) is 5.88. The summed E-state index contributed by atoms with van der Waals surface area (Å²) in [5.41, 5.74) is 1.31. The summed E-state index contributed by atoms with van der Waals surface area (Å²) in [6, 6.07) is 14.2. The molecule has 3 heterocycles. The Labute approximate surface area is 175 Å². The van der Waals surface area contributed by atoms with Gasteiger partial charge in [-0.05, 0) is 43.2 Å². The van der Waals surface area contributed by atoms with Crippen LogP contribution >= 0.6 is 11.8 Å². The van der Waals surface area contributed by atoms with Crippen molar-refractivity contribution in [2.75, 3.05) is 6.26 Å². The number of aromatic nitrogens is 3. The molecule has 3 aromatic rings. The largest absolute Gasteiger partial charge is 0.455 e. The van der Waals surface area contributed by atoms with Crippen LogP contribution in [-0.2, 0) is 31.6 Å². The molecule has 1 atom stereocenters. The highest BCUT2D eigenvalue weighted by molar-refractivity contribution is 7.97. The summed E-state index contributed by atoms with van der Waals surface area (Å²) >= 11 is 1.67. The van der Waals surface area contributed by atoms with Crippen molar-refractivity contribution < 1.29 is 9.21 Å². The standard InChI is InChI=1S/C22H26N4O2S/c1-29-15-18-9-10-19(28-18)22(27)23-17-8-12-21-25-24-20(26(21)14-13-17)11-7-16-5-3-2-4-6-16/h2-6,9-10,17H,7-8,11-15H2,1H3,(H,23,27). The monoisotopic (exact) mass is 410 g/mol. The number of furan rings is 1. The summed E-state index contributed by atoms with van der Waals surface area (Å²) in [7, 11) is 0. The van der Waals surface area contributed by atoms with Crippen LogP contribution < -0.4 is 5.32 Å². The number of carbonyl (C=O) groups is 1. The molecule has 1 aliphatic heterocycles. The Kier molecular flexibility index (Phi) is 6.34. The van der Waals surface area contributed by atoms with E-state index in [2.05, 4.69) is 44.3 Å². The zero-order valence-electron chi connectivity index (χ0n) is 16.6. The molecule has 6 nitrogen and oxygen atoms in total. The number of hydrogen-bond donors (Lipinski definition) is 1. The van der Waals surface area contributed by atoms with Gasteiger partial charge in [0.1, 0.15) is 17.4 Å². The number of amides is 1. The molecule has 4 rings (SSSR count). The molecule has 1 N–H and O–H groups in total. The molecule has 1 unspecified atom stereocenters. The third-order valence-electron chi connectivity index (χ3n) is 5.31. The molecule has 0 saturated carbocycles. The lowest BCUT2D eigenvalue weighted by Gasteiger charge is -2.15. The predicted molar refractivity (Wildman–Crippen MR) is 114 cm³/mol. The molecule has 0 radical (unpaired) electrons. The smallest absolute Gasteiger partial charge is 0.287 e. The van der Waals surface area contributed by atoms with Crippen molar-refractivity contribution in [3.8, 4) is 0 Å². The Balaban J connectivity index is 1.34. The summed E-state index contributed by atoms with van der Waals surface area (Å²) in [5.74, 6) is 3.91. The number of aryl methyl sites for hydroxylation is 3. The van der Waals surface area contributed by atoms with E-state index in [0.29, 0.717) is 5.76 Å². The van der Waals surface area contributed by atoms with E-state index in [-0.39, 0.29) is 11.9 Å². The van der Waals surface area contributed by atoms with E-state index in [4.69, 9.17) is 4.42 Å². The number of fused-ring (bicyclic) bond motifs is 1. The summed E-state index contributed by atoms with van der Waals surface area (Å²) in [6.45, 7) is 0.827. The second-order valence-electron chi connectivity index (χ2n) is 7.37. The van der Waals surface area contributed by atoms with Gasteiger partial charge >= 0.3 is 0 Å². The highest BCUT2D eigenvalue weighted by Gasteiger charge is 2.22. The van der Waals surface area contributed by atoms with Gasteiger partial charge in [-0.15, -0.1) is 10.2 Å². The number of carbonyl (C=O) groups excluding carboxylic acids is 1. The average molecular weight is 411 g/mol. The Hall–Kier alpha value is -2.54. The molecule has 29 heavy (non-hydrogen) atoms. The minimum Gasteiger partial charge on any atom is -0.455 e. The number of hydrogen-bond acceptors (Lipinski definition) is 5. The lowest BCUT2D eigenvalue weighted by molar-refractivity contribution is 0.0903. The van der Waals surface area contributed by atoms with E-state index in [0.717, 1.165) is 61.8 Å². The summed E-state index contributed by atoms with van der Waals surface area (Å²) in [4.78, 5) is 12.5. The van der Waals surface area contributed by atoms with E-state index in [9.17, 15) is 4.79 Å². The van der Waals surface area contributed by atoms with E-state index in [1.807, 2.05) is 18.4 Å². The Morgan fingerprint density at radius 2 is 2.03 bits per heavy atom. The lowest BCUT2D eigenvalue weighted by atomic mass is 10.1. The molecular weight excluding hydrogens is 384 g/mol. The Morgan fingerprint density at radius 1 is 1.17 bits per heavy atom. The molecule has 0 aliphatic carbocycles. The van der Waals surface area contributed by atoms with Crippen LogP contribution in [0.3, 0.4) is 0 Å². The average Bonchev–Trinajstić information content (AvgIpc) is 3.31. The molecule has 1 amide bonds. The van der Waals surface area contributed by atoms with Gasteiger partial charge < -0.3 is 14.3 Å². The first-order valence-electron chi connectivity index (χ1n) is 10.1. The van der Waals surface area contributed by atoms with Crippen LogP contribution in [0.15, 0.2) is 46.9 Å². The van der Waals surface area contributed by atoms with Crippen molar-refractivity contribution in [1.82, 2.24) is 20.1 Å². The normalized spacial score (nSPS) is 16.2. The van der Waals surface area contributed by atoms with Crippen molar-refractivity contribution in [1.29, 1.82) is 0 Å². The molecule has 1 aliphatic rings. The summed E-state index contributed by atoms with van der Waals surface area (Å²) in [6.07, 6.45) is 6.39. The van der Waals surface area contributed by atoms with Gasteiger partial charge in [-0.1, -0.05) is 30.3 Å². The van der Waals surface area contributed by atoms with Gasteiger partial charge in [-0.2, -0.15) is 11.8 Å². The Bertz CT molecular complexity index is 951. The van der Waals surface area contributed by atoms with Gasteiger partial charge in [0, 0.05) is 25.4 Å². The number of nitrogens with one attached hydrogen (secondary N) is 1. The van der Waals surface area contributed by atoms with Crippen LogP contribution in [0.2, 0.25) is 0 Å². The van der Waals surface area contributed by atoms with Crippen LogP contribution in [0.1, 0.15) is 46.4 Å². The van der Waals surface area contributed by atoms with Gasteiger partial charge in [0.15, 0.2) is 5.76 Å². The second kappa shape index (κ2) is 9.31. The second-order valence-corrected chi connectivity index (χ2v) is 8.23. The first kappa shape index (κ1) is 19.8. The maximum atomic E-state index is 12.5. The molecule has 2 aromatic heterocycles. The number of rotatable bonds is 7. The number of nitrogens with zero attached hydrogens (tertiary/aromatic N) is 3. The van der Waals surface area contributed by atoms with Crippen molar-refractivity contribution in [3.05, 3.63) is 71.2 Å². The van der Waals surface area contributed by atoms with Gasteiger partial charge in [-0.3, -0.25) is 4.79 Å². The summed E-state index contributed by atoms with van der Waals surface area (Å²) in [5, 5.41) is 12.0. The molecular formula is C22H26N4O2S. The first-order valence-corrected chi connectivity index (χ1v) is 11.5. The fraction of sp³-hybridized carbons (Fsp3) is 0.409. The SMILES string of the molecule is CSCc1ccc(C(=O)NC2CCc3nnc(CCc4ccccc4)n3CC2)o1. The van der Waals surface area contributed by atoms with Crippen molar-refractivity contribution in [2.45, 2.75) is 50.4 Å². The van der Waals surface area contributed by atoms with Crippen LogP contribution in [0, 0.1) is 0 Å². The first-order chi connectivity index (χ1) is 14.2. The molecule has 0 saturated heterocycles. The maximum absolute atomic E-state index is 12.5. The van der Waals surface area contributed by atoms with Crippen molar-refractivity contribution >= 4 is 17.7 Å². The van der Waals surface area contributed by atoms with Gasteiger partial charge in [0.05, 0.1) is 5.75 Å². The zero-order valence-corrected chi connectivity index (χ0v) is 17.5. The van der Waals surface area contributed by atoms with E-state index in [1.165, 1.54) is 5.56 Å². The molecule has 0 spiro atoms. The topological polar surface area (TPSA) is 73.0 Å². The van der Waals surface area contributed by atoms with Gasteiger partial charge in [0.25, 0.3) is 5.91 Å². The lowest BCUT2D eigenvalue weighted by Crippen LogP contribution is -2.35. The van der Waals surface area contributed by atoms with E-state index in [1.54, 1.807) is 17.8 Å². The molecule has 152 valence electrons. The minimum atomic E-state index is -0.135. The molecule has 7 heteroatoms. The highest BCUT2D eigenvalue weighted by atomic mass is 32.2. The van der Waals surface area contributed by atoms with Gasteiger partial charge in [0.2, 0.25) is 0 Å². The Morgan fingerprint density at radius 3 is 2.86 bits per heavy atom. The van der Waals surface area contributed by atoms with Crippen LogP contribution in [0.25, 0.3) is 0 Å². The summed E-state index contributed by atoms with van der Waals surface area (Å²) < 4.78 is 7.87. The fourth-order valence-electron chi connectivity index (χ4n) is 3.75. The number of benzene rings is 1. The van der Waals surface area contributed by atoms with Crippen LogP contribution in [-0.4, -0.2) is 33.0 Å². The molecule has 1 aromatic carbocycles. The minimum absolute atomic E-state index is 0.111. The van der Waals surface area contributed by atoms with E-state index >= 15 is 0 Å². The van der Waals surface area contributed by atoms with E-state index < -0.39 is 0 Å². The molecule has 0 fully saturated rings. The quantitative estimate of drug-likeness (QED) is 0.644. The highest BCUT2D eigenvalue weighted by Crippen LogP contribution is 2.18. The van der Waals surface area contributed by atoms with Gasteiger partial charge in [-0.25, -0.2) is 0 Å². The van der Waals surface area contributed by atoms with Crippen molar-refractivity contribution in [2.24, 2.45) is 0 Å². The zero-order chi connectivity index (χ0) is 20.1. The van der Waals surface area contributed by atoms with Crippen LogP contribution in [0.5, 0.6) is 0 Å².